The predicted octanol–water partition coefficient (Wildman–Crippen LogP) is 13.0. The molecule has 0 amide bonds. The minimum Gasteiger partial charge on any atom is -0.363 e. The molecule has 0 spiro atoms. The SMILES string of the molecule is C1=CSC(=C2Sc3cc4c(cc3S2)SC(=C2SC=C(c3ccc(N(Cc5ccccc5)Cc5ccccc5)cc3)S2)S4)S1. The van der Waals surface area contributed by atoms with Crippen LogP contribution in [0.5, 0.6) is 0 Å². The molecule has 1 nitrogen and oxygen atoms in total. The van der Waals surface area contributed by atoms with Crippen molar-refractivity contribution in [3.05, 3.63) is 147 Å². The summed E-state index contributed by atoms with van der Waals surface area (Å²) in [6.45, 7) is 1.75. The van der Waals surface area contributed by atoms with Crippen LogP contribution >= 0.6 is 94.1 Å². The highest BCUT2D eigenvalue weighted by Crippen LogP contribution is 2.64. The third kappa shape index (κ3) is 6.42. The number of thioether (sulfide) groups is 8. The first-order valence-electron chi connectivity index (χ1n) is 13.6. The van der Waals surface area contributed by atoms with E-state index in [9.17, 15) is 0 Å². The first kappa shape index (κ1) is 28.9. The van der Waals surface area contributed by atoms with Crippen molar-refractivity contribution < 1.29 is 0 Å². The molecule has 0 saturated heterocycles. The maximum atomic E-state index is 2.46. The van der Waals surface area contributed by atoms with E-state index in [1.807, 2.05) is 94.1 Å². The molecular weight excluding hydrogens is 679 g/mol. The van der Waals surface area contributed by atoms with Gasteiger partial charge in [-0.3, -0.25) is 0 Å². The van der Waals surface area contributed by atoms with Gasteiger partial charge in [-0.05, 0) is 57.2 Å². The molecule has 43 heavy (non-hydrogen) atoms. The zero-order valence-electron chi connectivity index (χ0n) is 22.6. The summed E-state index contributed by atoms with van der Waals surface area (Å²) in [5, 5.41) is 6.69. The molecule has 9 heteroatoms. The highest BCUT2D eigenvalue weighted by Gasteiger charge is 2.30. The van der Waals surface area contributed by atoms with Gasteiger partial charge in [0, 0.05) is 43.3 Å². The number of hydrogen-bond donors (Lipinski definition) is 0. The van der Waals surface area contributed by atoms with Crippen molar-refractivity contribution in [3.8, 4) is 0 Å². The van der Waals surface area contributed by atoms with Crippen molar-refractivity contribution in [2.24, 2.45) is 0 Å². The fourth-order valence-electron chi connectivity index (χ4n) is 4.91. The lowest BCUT2D eigenvalue weighted by atomic mass is 10.1. The molecule has 0 aromatic heterocycles. The van der Waals surface area contributed by atoms with E-state index in [2.05, 4.69) is 118 Å². The number of anilines is 1. The summed E-state index contributed by atoms with van der Waals surface area (Å²) in [6, 6.07) is 35.5. The first-order chi connectivity index (χ1) is 21.2. The molecule has 0 radical (unpaired) electrons. The van der Waals surface area contributed by atoms with Crippen LogP contribution in [0.2, 0.25) is 0 Å². The minimum absolute atomic E-state index is 0.877. The number of nitrogens with zero attached hydrogens (tertiary/aromatic N) is 1. The van der Waals surface area contributed by atoms with Crippen molar-refractivity contribution in [2.75, 3.05) is 4.90 Å². The lowest BCUT2D eigenvalue weighted by Crippen LogP contribution is -2.22. The Bertz CT molecular complexity index is 1720. The smallest absolute Gasteiger partial charge is 0.0706 e. The highest BCUT2D eigenvalue weighted by molar-refractivity contribution is 8.34. The first-order valence-corrected chi connectivity index (χ1v) is 20.3. The molecule has 8 rings (SSSR count). The summed E-state index contributed by atoms with van der Waals surface area (Å²) in [7, 11) is 0. The van der Waals surface area contributed by atoms with E-state index in [-0.39, 0.29) is 0 Å². The van der Waals surface area contributed by atoms with Crippen molar-refractivity contribution in [3.63, 3.8) is 0 Å². The third-order valence-corrected chi connectivity index (χ3v) is 17.6. The van der Waals surface area contributed by atoms with Crippen LogP contribution in [0.25, 0.3) is 4.91 Å². The van der Waals surface area contributed by atoms with E-state index in [1.165, 1.54) is 63.8 Å². The van der Waals surface area contributed by atoms with Gasteiger partial charge >= 0.3 is 0 Å². The van der Waals surface area contributed by atoms with Crippen LogP contribution in [0.15, 0.2) is 150 Å². The Balaban J connectivity index is 0.963. The van der Waals surface area contributed by atoms with Gasteiger partial charge in [0.05, 0.1) is 16.9 Å². The van der Waals surface area contributed by atoms with Crippen molar-refractivity contribution in [1.82, 2.24) is 0 Å². The van der Waals surface area contributed by atoms with E-state index in [0.717, 1.165) is 13.1 Å². The van der Waals surface area contributed by atoms with Crippen molar-refractivity contribution in [1.29, 1.82) is 0 Å². The van der Waals surface area contributed by atoms with Gasteiger partial charge in [0.2, 0.25) is 0 Å². The van der Waals surface area contributed by atoms with Crippen LogP contribution in [0.1, 0.15) is 16.7 Å². The lowest BCUT2D eigenvalue weighted by molar-refractivity contribution is 0.800. The lowest BCUT2D eigenvalue weighted by Gasteiger charge is -2.25. The monoisotopic (exact) mass is 701 g/mol. The summed E-state index contributed by atoms with van der Waals surface area (Å²) in [6.07, 6.45) is 0. The standard InChI is InChI=1S/C34H23NS8/c1-3-7-22(8-4-1)19-35(20-23-9-5-2-6-10-23)25-13-11-24(12-14-25)30-21-38-32(43-30)34-41-28-17-26-27(18-29(28)42-34)40-33(39-26)31-36-15-16-37-31/h1-18,21H,19-20H2. The normalized spacial score (nSPS) is 17.1. The minimum atomic E-state index is 0.877. The molecule has 0 fully saturated rings. The van der Waals surface area contributed by atoms with E-state index < -0.39 is 0 Å². The molecule has 0 saturated carbocycles. The molecular formula is C34H23NS8. The number of rotatable bonds is 6. The molecule has 4 aromatic rings. The van der Waals surface area contributed by atoms with E-state index in [1.54, 1.807) is 0 Å². The molecule has 0 unspecified atom stereocenters. The quantitative estimate of drug-likeness (QED) is 0.191. The molecule has 0 atom stereocenters. The summed E-state index contributed by atoms with van der Waals surface area (Å²) in [4.78, 5) is 9.39. The molecule has 4 aliphatic rings. The molecule has 0 aliphatic carbocycles. The fourth-order valence-corrected chi connectivity index (χ4v) is 14.9. The Morgan fingerprint density at radius 1 is 0.465 bits per heavy atom. The van der Waals surface area contributed by atoms with E-state index >= 15 is 0 Å². The molecule has 4 aromatic carbocycles. The van der Waals surface area contributed by atoms with Gasteiger partial charge in [-0.25, -0.2) is 0 Å². The van der Waals surface area contributed by atoms with Crippen LogP contribution in [0.4, 0.5) is 5.69 Å². The number of hydrogen-bond acceptors (Lipinski definition) is 9. The largest absolute Gasteiger partial charge is 0.363 e. The Hall–Kier alpha value is -1.56. The van der Waals surface area contributed by atoms with Crippen LogP contribution in [0, 0.1) is 0 Å². The summed E-state index contributed by atoms with van der Waals surface area (Å²) < 4.78 is 5.65. The summed E-state index contributed by atoms with van der Waals surface area (Å²) in [5.74, 6) is 0. The third-order valence-electron chi connectivity index (χ3n) is 6.98. The molecule has 0 N–H and O–H groups in total. The predicted molar refractivity (Wildman–Crippen MR) is 201 cm³/mol. The molecule has 212 valence electrons. The average Bonchev–Trinajstić information content (AvgIpc) is 3.87. The zero-order valence-corrected chi connectivity index (χ0v) is 29.1. The second kappa shape index (κ2) is 13.0. The second-order valence-corrected chi connectivity index (χ2v) is 18.9. The summed E-state index contributed by atoms with van der Waals surface area (Å²) in [5.41, 5.74) is 5.17. The molecule has 4 heterocycles. The number of fused-ring (bicyclic) bond motifs is 2. The van der Waals surface area contributed by atoms with Gasteiger partial charge < -0.3 is 4.90 Å². The second-order valence-electron chi connectivity index (χ2n) is 9.89. The van der Waals surface area contributed by atoms with E-state index in [4.69, 9.17) is 0 Å². The van der Waals surface area contributed by atoms with Gasteiger partial charge in [0.15, 0.2) is 0 Å². The Labute approximate surface area is 286 Å². The average molecular weight is 702 g/mol. The van der Waals surface area contributed by atoms with Gasteiger partial charge in [-0.2, -0.15) is 0 Å². The topological polar surface area (TPSA) is 3.24 Å². The van der Waals surface area contributed by atoms with Crippen LogP contribution < -0.4 is 4.90 Å². The Morgan fingerprint density at radius 3 is 1.51 bits per heavy atom. The maximum Gasteiger partial charge on any atom is 0.0706 e. The van der Waals surface area contributed by atoms with Crippen LogP contribution in [-0.4, -0.2) is 0 Å². The highest BCUT2D eigenvalue weighted by atomic mass is 32.2. The Morgan fingerprint density at radius 2 is 0.977 bits per heavy atom. The Kier molecular flexibility index (Phi) is 8.76. The van der Waals surface area contributed by atoms with Gasteiger partial charge in [0.1, 0.15) is 0 Å². The van der Waals surface area contributed by atoms with Gasteiger partial charge in [-0.15, -0.1) is 0 Å². The fraction of sp³-hybridized carbons (Fsp3) is 0.0588. The summed E-state index contributed by atoms with van der Waals surface area (Å²) >= 11 is 15.2. The van der Waals surface area contributed by atoms with E-state index in [0.29, 0.717) is 0 Å². The van der Waals surface area contributed by atoms with Crippen LogP contribution in [0.3, 0.4) is 0 Å². The van der Waals surface area contributed by atoms with Crippen molar-refractivity contribution >= 4 is 105 Å². The number of benzene rings is 4. The zero-order chi connectivity index (χ0) is 28.6. The maximum absolute atomic E-state index is 2.46. The van der Waals surface area contributed by atoms with Crippen molar-refractivity contribution in [2.45, 2.75) is 32.7 Å². The molecule has 0 bridgehead atoms. The van der Waals surface area contributed by atoms with Gasteiger partial charge in [-0.1, -0.05) is 167 Å². The molecule has 4 aliphatic heterocycles. The van der Waals surface area contributed by atoms with Crippen LogP contribution in [-0.2, 0) is 13.1 Å². The van der Waals surface area contributed by atoms with Gasteiger partial charge in [0.25, 0.3) is 0 Å².